The van der Waals surface area contributed by atoms with Crippen LogP contribution in [-0.2, 0) is 6.42 Å². The van der Waals surface area contributed by atoms with Crippen LogP contribution in [0.5, 0.6) is 5.75 Å². The summed E-state index contributed by atoms with van der Waals surface area (Å²) in [5.74, 6) is 0.892. The van der Waals surface area contributed by atoms with Gasteiger partial charge in [-0.05, 0) is 36.9 Å². The average Bonchev–Trinajstić information content (AvgIpc) is 3.17. The SMILES string of the molecule is CCOc1ccccc1Nc1ncnc(NCCc2cccs2)c1[N+](=O)[O-]. The van der Waals surface area contributed by atoms with Crippen LogP contribution >= 0.6 is 11.3 Å². The first-order valence-electron chi connectivity index (χ1n) is 8.43. The number of aromatic nitrogens is 2. The topological polar surface area (TPSA) is 102 Å². The van der Waals surface area contributed by atoms with E-state index in [4.69, 9.17) is 4.74 Å². The van der Waals surface area contributed by atoms with Gasteiger partial charge in [-0.2, -0.15) is 0 Å². The second-order valence-corrected chi connectivity index (χ2v) is 6.52. The number of para-hydroxylation sites is 2. The van der Waals surface area contributed by atoms with Crippen LogP contribution in [0.2, 0.25) is 0 Å². The lowest BCUT2D eigenvalue weighted by Crippen LogP contribution is -2.10. The lowest BCUT2D eigenvalue weighted by Gasteiger charge is -2.13. The van der Waals surface area contributed by atoms with Gasteiger partial charge in [-0.25, -0.2) is 9.97 Å². The molecule has 0 unspecified atom stereocenters. The van der Waals surface area contributed by atoms with Crippen LogP contribution in [-0.4, -0.2) is 28.0 Å². The van der Waals surface area contributed by atoms with E-state index in [0.29, 0.717) is 24.6 Å². The highest BCUT2D eigenvalue weighted by molar-refractivity contribution is 7.09. The lowest BCUT2D eigenvalue weighted by atomic mass is 10.3. The maximum Gasteiger partial charge on any atom is 0.353 e. The maximum absolute atomic E-state index is 11.7. The van der Waals surface area contributed by atoms with Gasteiger partial charge in [0.1, 0.15) is 12.1 Å². The number of rotatable bonds is 9. The zero-order valence-electron chi connectivity index (χ0n) is 14.7. The van der Waals surface area contributed by atoms with Gasteiger partial charge in [-0.1, -0.05) is 18.2 Å². The highest BCUT2D eigenvalue weighted by Gasteiger charge is 2.23. The Balaban J connectivity index is 1.82. The first-order valence-corrected chi connectivity index (χ1v) is 9.31. The first kappa shape index (κ1) is 18.6. The molecule has 0 aliphatic heterocycles. The van der Waals surface area contributed by atoms with Gasteiger partial charge >= 0.3 is 5.69 Å². The third kappa shape index (κ3) is 4.70. The Kier molecular flexibility index (Phi) is 6.16. The molecule has 8 nitrogen and oxygen atoms in total. The molecule has 2 N–H and O–H groups in total. The van der Waals surface area contributed by atoms with Crippen molar-refractivity contribution in [3.63, 3.8) is 0 Å². The molecule has 0 aliphatic rings. The Morgan fingerprint density at radius 3 is 2.74 bits per heavy atom. The summed E-state index contributed by atoms with van der Waals surface area (Å²) in [7, 11) is 0. The van der Waals surface area contributed by atoms with Crippen molar-refractivity contribution in [2.75, 3.05) is 23.8 Å². The summed E-state index contributed by atoms with van der Waals surface area (Å²) in [5.41, 5.74) is 0.403. The molecule has 1 aromatic carbocycles. The van der Waals surface area contributed by atoms with Crippen molar-refractivity contribution in [3.05, 3.63) is 63.1 Å². The van der Waals surface area contributed by atoms with Gasteiger partial charge in [-0.15, -0.1) is 11.3 Å². The largest absolute Gasteiger partial charge is 0.492 e. The molecule has 2 aromatic heterocycles. The molecule has 9 heteroatoms. The monoisotopic (exact) mass is 385 g/mol. The van der Waals surface area contributed by atoms with E-state index in [1.54, 1.807) is 23.5 Å². The van der Waals surface area contributed by atoms with Crippen molar-refractivity contribution >= 4 is 34.3 Å². The number of hydrogen-bond acceptors (Lipinski definition) is 8. The van der Waals surface area contributed by atoms with Gasteiger partial charge < -0.3 is 15.4 Å². The summed E-state index contributed by atoms with van der Waals surface area (Å²) < 4.78 is 5.56. The van der Waals surface area contributed by atoms with Gasteiger partial charge in [0, 0.05) is 11.4 Å². The molecule has 2 heterocycles. The average molecular weight is 385 g/mol. The van der Waals surface area contributed by atoms with Crippen LogP contribution in [0.3, 0.4) is 0 Å². The van der Waals surface area contributed by atoms with Crippen molar-refractivity contribution in [1.29, 1.82) is 0 Å². The normalized spacial score (nSPS) is 10.4. The summed E-state index contributed by atoms with van der Waals surface area (Å²) in [5, 5.41) is 19.7. The van der Waals surface area contributed by atoms with E-state index in [9.17, 15) is 10.1 Å². The summed E-state index contributed by atoms with van der Waals surface area (Å²) >= 11 is 1.65. The van der Waals surface area contributed by atoms with Gasteiger partial charge in [0.25, 0.3) is 0 Å². The molecule has 0 amide bonds. The zero-order valence-corrected chi connectivity index (χ0v) is 15.5. The molecule has 140 valence electrons. The summed E-state index contributed by atoms with van der Waals surface area (Å²) in [6.45, 7) is 2.90. The number of nitro groups is 1. The fourth-order valence-corrected chi connectivity index (χ4v) is 3.22. The lowest BCUT2D eigenvalue weighted by molar-refractivity contribution is -0.383. The van der Waals surface area contributed by atoms with E-state index in [-0.39, 0.29) is 17.3 Å². The summed E-state index contributed by atoms with van der Waals surface area (Å²) in [6.07, 6.45) is 2.06. The van der Waals surface area contributed by atoms with E-state index in [0.717, 1.165) is 6.42 Å². The molecular formula is C18H19N5O3S. The number of ether oxygens (including phenoxy) is 1. The summed E-state index contributed by atoms with van der Waals surface area (Å²) in [4.78, 5) is 20.5. The standard InChI is InChI=1S/C18H19N5O3S/c1-2-26-15-8-4-3-7-14(15)22-18-16(23(24)25)17(20-12-21-18)19-10-9-13-6-5-11-27-13/h3-8,11-12H,2,9-10H2,1H3,(H2,19,20,21,22). The Hall–Kier alpha value is -3.20. The number of nitrogens with zero attached hydrogens (tertiary/aromatic N) is 3. The Bertz CT molecular complexity index is 902. The summed E-state index contributed by atoms with van der Waals surface area (Å²) in [6, 6.07) is 11.2. The third-order valence-corrected chi connectivity index (χ3v) is 4.62. The molecule has 3 rings (SSSR count). The van der Waals surface area contributed by atoms with Crippen molar-refractivity contribution in [2.45, 2.75) is 13.3 Å². The van der Waals surface area contributed by atoms with Crippen LogP contribution in [0.4, 0.5) is 23.0 Å². The van der Waals surface area contributed by atoms with E-state index >= 15 is 0 Å². The Morgan fingerprint density at radius 1 is 1.19 bits per heavy atom. The number of nitrogens with one attached hydrogen (secondary N) is 2. The van der Waals surface area contributed by atoms with Crippen molar-refractivity contribution in [1.82, 2.24) is 9.97 Å². The molecule has 0 aliphatic carbocycles. The van der Waals surface area contributed by atoms with Gasteiger partial charge in [0.15, 0.2) is 0 Å². The van der Waals surface area contributed by atoms with Crippen molar-refractivity contribution < 1.29 is 9.66 Å². The minimum atomic E-state index is -0.487. The molecule has 0 saturated heterocycles. The molecule has 3 aromatic rings. The van der Waals surface area contributed by atoms with Crippen molar-refractivity contribution in [3.8, 4) is 5.75 Å². The Morgan fingerprint density at radius 2 is 2.00 bits per heavy atom. The quantitative estimate of drug-likeness (QED) is 0.419. The van der Waals surface area contributed by atoms with E-state index in [2.05, 4.69) is 20.6 Å². The van der Waals surface area contributed by atoms with E-state index in [1.807, 2.05) is 36.6 Å². The molecule has 0 fully saturated rings. The number of benzene rings is 1. The molecule has 0 spiro atoms. The van der Waals surface area contributed by atoms with Crippen LogP contribution < -0.4 is 15.4 Å². The van der Waals surface area contributed by atoms with E-state index < -0.39 is 4.92 Å². The van der Waals surface area contributed by atoms with Crippen LogP contribution in [0.1, 0.15) is 11.8 Å². The van der Waals surface area contributed by atoms with Crippen LogP contribution in [0.25, 0.3) is 0 Å². The molecular weight excluding hydrogens is 366 g/mol. The third-order valence-electron chi connectivity index (χ3n) is 3.69. The zero-order chi connectivity index (χ0) is 19.1. The smallest absolute Gasteiger partial charge is 0.353 e. The maximum atomic E-state index is 11.7. The minimum absolute atomic E-state index is 0.112. The molecule has 0 radical (unpaired) electrons. The predicted octanol–water partition coefficient (Wildman–Crippen LogP) is 4.24. The second kappa shape index (κ2) is 8.95. The predicted molar refractivity (Wildman–Crippen MR) is 106 cm³/mol. The fraction of sp³-hybridized carbons (Fsp3) is 0.222. The number of thiophene rings is 1. The second-order valence-electron chi connectivity index (χ2n) is 5.49. The van der Waals surface area contributed by atoms with E-state index in [1.165, 1.54) is 11.2 Å². The molecule has 0 atom stereocenters. The van der Waals surface area contributed by atoms with Crippen molar-refractivity contribution in [2.24, 2.45) is 0 Å². The molecule has 0 saturated carbocycles. The Labute approximate surface area is 160 Å². The minimum Gasteiger partial charge on any atom is -0.492 e. The van der Waals surface area contributed by atoms with Gasteiger partial charge in [0.05, 0.1) is 17.2 Å². The molecule has 27 heavy (non-hydrogen) atoms. The fourth-order valence-electron chi connectivity index (χ4n) is 2.51. The highest BCUT2D eigenvalue weighted by atomic mass is 32.1. The van der Waals surface area contributed by atoms with Crippen LogP contribution in [0, 0.1) is 10.1 Å². The number of anilines is 3. The number of hydrogen-bond donors (Lipinski definition) is 2. The molecule has 0 bridgehead atoms. The van der Waals surface area contributed by atoms with Crippen LogP contribution in [0.15, 0.2) is 48.1 Å². The van der Waals surface area contributed by atoms with Gasteiger partial charge in [0.2, 0.25) is 11.6 Å². The first-order chi connectivity index (χ1) is 13.2. The van der Waals surface area contributed by atoms with Gasteiger partial charge in [-0.3, -0.25) is 10.1 Å². The highest BCUT2D eigenvalue weighted by Crippen LogP contribution is 2.34.